The molecule has 140 valence electrons. The molecule has 5 nitrogen and oxygen atoms in total. The van der Waals surface area contributed by atoms with E-state index in [2.05, 4.69) is 80.2 Å². The predicted molar refractivity (Wildman–Crippen MR) is 110 cm³/mol. The van der Waals surface area contributed by atoms with Crippen molar-refractivity contribution < 1.29 is 0 Å². The Morgan fingerprint density at radius 2 is 2.00 bits per heavy atom. The lowest BCUT2D eigenvalue weighted by Crippen LogP contribution is -2.30. The summed E-state index contributed by atoms with van der Waals surface area (Å²) in [5, 5.41) is 7.94. The first kappa shape index (κ1) is 17.0. The summed E-state index contributed by atoms with van der Waals surface area (Å²) < 4.78 is 2.22. The van der Waals surface area contributed by atoms with Crippen molar-refractivity contribution in [3.8, 4) is 16.9 Å². The molecule has 4 aromatic rings. The third-order valence-corrected chi connectivity index (χ3v) is 5.56. The van der Waals surface area contributed by atoms with E-state index in [0.29, 0.717) is 0 Å². The molecule has 1 aromatic carbocycles. The minimum Gasteiger partial charge on any atom is -0.318 e. The Bertz CT molecular complexity index is 1090. The molecule has 5 heteroatoms. The van der Waals surface area contributed by atoms with E-state index in [0.717, 1.165) is 37.4 Å². The molecule has 0 amide bonds. The van der Waals surface area contributed by atoms with Gasteiger partial charge in [0.05, 0.1) is 17.6 Å². The summed E-state index contributed by atoms with van der Waals surface area (Å²) in [7, 11) is 0. The lowest BCUT2D eigenvalue weighted by molar-refractivity contribution is 0.241. The van der Waals surface area contributed by atoms with Crippen LogP contribution in [-0.4, -0.2) is 31.2 Å². The van der Waals surface area contributed by atoms with Gasteiger partial charge in [0.1, 0.15) is 0 Å². The van der Waals surface area contributed by atoms with Crippen molar-refractivity contribution in [2.24, 2.45) is 0 Å². The first-order chi connectivity index (χ1) is 13.8. The molecule has 0 aliphatic carbocycles. The van der Waals surface area contributed by atoms with E-state index in [1.165, 1.54) is 28.1 Å². The summed E-state index contributed by atoms with van der Waals surface area (Å²) >= 11 is 0. The third kappa shape index (κ3) is 3.04. The largest absolute Gasteiger partial charge is 0.318 e. The maximum atomic E-state index is 4.66. The summed E-state index contributed by atoms with van der Waals surface area (Å²) in [6.07, 6.45) is 6.83. The molecule has 0 saturated heterocycles. The first-order valence-electron chi connectivity index (χ1n) is 9.71. The lowest BCUT2D eigenvalue weighted by Gasteiger charge is -2.27. The fourth-order valence-electron chi connectivity index (χ4n) is 4.07. The smallest absolute Gasteiger partial charge is 0.0971 e. The van der Waals surface area contributed by atoms with Crippen LogP contribution in [0.3, 0.4) is 0 Å². The van der Waals surface area contributed by atoms with Gasteiger partial charge in [0.15, 0.2) is 0 Å². The fourth-order valence-corrected chi connectivity index (χ4v) is 4.07. The van der Waals surface area contributed by atoms with Crippen LogP contribution in [-0.2, 0) is 19.5 Å². The maximum absolute atomic E-state index is 4.66. The first-order valence-corrected chi connectivity index (χ1v) is 9.71. The van der Waals surface area contributed by atoms with E-state index in [4.69, 9.17) is 0 Å². The lowest BCUT2D eigenvalue weighted by atomic mass is 9.98. The fraction of sp³-hybridized carbons (Fsp3) is 0.217. The number of pyridine rings is 1. The van der Waals surface area contributed by atoms with E-state index in [9.17, 15) is 0 Å². The third-order valence-electron chi connectivity index (χ3n) is 5.56. The van der Waals surface area contributed by atoms with Crippen molar-refractivity contribution in [2.75, 3.05) is 6.54 Å². The van der Waals surface area contributed by atoms with Crippen LogP contribution in [0.1, 0.15) is 22.5 Å². The average Bonchev–Trinajstić information content (AvgIpc) is 3.36. The minimum absolute atomic E-state index is 0.903. The molecule has 1 aliphatic heterocycles. The van der Waals surface area contributed by atoms with Gasteiger partial charge in [-0.3, -0.25) is 15.0 Å². The summed E-state index contributed by atoms with van der Waals surface area (Å²) in [5.74, 6) is 0. The monoisotopic (exact) mass is 369 g/mol. The van der Waals surface area contributed by atoms with Gasteiger partial charge in [0.2, 0.25) is 0 Å². The number of hydrogen-bond donors (Lipinski definition) is 1. The zero-order valence-corrected chi connectivity index (χ0v) is 16.0. The highest BCUT2D eigenvalue weighted by molar-refractivity contribution is 5.67. The number of rotatable bonds is 4. The number of H-pyrrole nitrogens is 1. The van der Waals surface area contributed by atoms with Crippen LogP contribution >= 0.6 is 0 Å². The number of benzene rings is 1. The van der Waals surface area contributed by atoms with Gasteiger partial charge in [-0.1, -0.05) is 24.3 Å². The number of aromatic amines is 1. The molecular formula is C23H23N5. The van der Waals surface area contributed by atoms with E-state index < -0.39 is 0 Å². The van der Waals surface area contributed by atoms with E-state index in [1.54, 1.807) is 0 Å². The molecule has 28 heavy (non-hydrogen) atoms. The molecule has 4 heterocycles. The quantitative estimate of drug-likeness (QED) is 0.588. The maximum Gasteiger partial charge on any atom is 0.0971 e. The number of aromatic nitrogens is 4. The zero-order valence-electron chi connectivity index (χ0n) is 16.0. The van der Waals surface area contributed by atoms with Crippen molar-refractivity contribution in [3.63, 3.8) is 0 Å². The Kier molecular flexibility index (Phi) is 4.29. The molecule has 0 atom stereocenters. The second kappa shape index (κ2) is 7.09. The van der Waals surface area contributed by atoms with Crippen molar-refractivity contribution >= 4 is 0 Å². The molecule has 5 rings (SSSR count). The summed E-state index contributed by atoms with van der Waals surface area (Å²) in [5.41, 5.74) is 8.57. The van der Waals surface area contributed by atoms with Crippen LogP contribution in [0.4, 0.5) is 0 Å². The van der Waals surface area contributed by atoms with E-state index in [-0.39, 0.29) is 0 Å². The summed E-state index contributed by atoms with van der Waals surface area (Å²) in [4.78, 5) is 6.76. The second-order valence-corrected chi connectivity index (χ2v) is 7.39. The highest BCUT2D eigenvalue weighted by Crippen LogP contribution is 2.31. The molecule has 0 bridgehead atoms. The van der Waals surface area contributed by atoms with E-state index in [1.807, 2.05) is 18.5 Å². The Balaban J connectivity index is 1.41. The highest BCUT2D eigenvalue weighted by Gasteiger charge is 2.24. The standard InChI is InChI=1S/C23H23N5/c1-17-6-2-3-9-20(17)23-21-16-27(13-10-22(21)25-26-23)15-19-8-5-12-28(19)18-7-4-11-24-14-18/h2-9,11-12,14H,10,13,15-16H2,1H3,(H,25,26). The summed E-state index contributed by atoms with van der Waals surface area (Å²) in [6.45, 7) is 4.99. The number of nitrogens with one attached hydrogen (secondary N) is 1. The molecule has 0 saturated carbocycles. The molecule has 0 radical (unpaired) electrons. The van der Waals surface area contributed by atoms with Crippen LogP contribution < -0.4 is 0 Å². The normalized spacial score (nSPS) is 14.2. The minimum atomic E-state index is 0.903. The second-order valence-electron chi connectivity index (χ2n) is 7.39. The average molecular weight is 369 g/mol. The Hall–Kier alpha value is -3.18. The molecule has 0 spiro atoms. The van der Waals surface area contributed by atoms with Crippen LogP contribution in [0, 0.1) is 6.92 Å². The Morgan fingerprint density at radius 1 is 1.07 bits per heavy atom. The molecule has 1 aliphatic rings. The number of hydrogen-bond acceptors (Lipinski definition) is 3. The van der Waals surface area contributed by atoms with Gasteiger partial charge in [-0.15, -0.1) is 0 Å². The van der Waals surface area contributed by atoms with Gasteiger partial charge in [-0.25, -0.2) is 0 Å². The Labute approximate surface area is 164 Å². The van der Waals surface area contributed by atoms with Crippen LogP contribution in [0.25, 0.3) is 16.9 Å². The summed E-state index contributed by atoms with van der Waals surface area (Å²) in [6, 6.07) is 16.9. The molecule has 1 N–H and O–H groups in total. The molecular weight excluding hydrogens is 346 g/mol. The number of nitrogens with zero attached hydrogens (tertiary/aromatic N) is 4. The number of aryl methyl sites for hydroxylation is 1. The van der Waals surface area contributed by atoms with E-state index >= 15 is 0 Å². The van der Waals surface area contributed by atoms with Crippen molar-refractivity contribution in [1.29, 1.82) is 0 Å². The Morgan fingerprint density at radius 3 is 2.86 bits per heavy atom. The van der Waals surface area contributed by atoms with Crippen LogP contribution in [0.5, 0.6) is 0 Å². The van der Waals surface area contributed by atoms with Gasteiger partial charge in [-0.2, -0.15) is 5.10 Å². The number of fused-ring (bicyclic) bond motifs is 1. The van der Waals surface area contributed by atoms with Gasteiger partial charge in [0, 0.05) is 61.0 Å². The van der Waals surface area contributed by atoms with Gasteiger partial charge in [-0.05, 0) is 36.8 Å². The highest BCUT2D eigenvalue weighted by atomic mass is 15.2. The molecule has 0 fully saturated rings. The van der Waals surface area contributed by atoms with Gasteiger partial charge in [0.25, 0.3) is 0 Å². The van der Waals surface area contributed by atoms with Crippen LogP contribution in [0.15, 0.2) is 67.1 Å². The van der Waals surface area contributed by atoms with Crippen LogP contribution in [0.2, 0.25) is 0 Å². The zero-order chi connectivity index (χ0) is 18.9. The SMILES string of the molecule is Cc1ccccc1-c1n[nH]c2c1CN(Cc1cccn1-c1cccnc1)CC2. The topological polar surface area (TPSA) is 49.7 Å². The predicted octanol–water partition coefficient (Wildman–Crippen LogP) is 4.13. The van der Waals surface area contributed by atoms with Gasteiger partial charge >= 0.3 is 0 Å². The van der Waals surface area contributed by atoms with Crippen molar-refractivity contribution in [2.45, 2.75) is 26.4 Å². The van der Waals surface area contributed by atoms with Crippen molar-refractivity contribution in [1.82, 2.24) is 24.6 Å². The molecule has 0 unspecified atom stereocenters. The van der Waals surface area contributed by atoms with Crippen molar-refractivity contribution in [3.05, 3.63) is 89.6 Å². The van der Waals surface area contributed by atoms with Gasteiger partial charge < -0.3 is 4.57 Å². The molecule has 3 aromatic heterocycles.